The highest BCUT2D eigenvalue weighted by molar-refractivity contribution is 5.92. The fourth-order valence-corrected chi connectivity index (χ4v) is 1.95. The topological polar surface area (TPSA) is 59.0 Å². The minimum absolute atomic E-state index is 0.0308. The molecule has 0 bridgehead atoms. The lowest BCUT2D eigenvalue weighted by molar-refractivity contribution is -0.115. The summed E-state index contributed by atoms with van der Waals surface area (Å²) in [4.78, 5) is 15.9. The maximum atomic E-state index is 11.9. The molecule has 0 aliphatic rings. The predicted octanol–water partition coefficient (Wildman–Crippen LogP) is 1.81. The van der Waals surface area contributed by atoms with E-state index >= 15 is 0 Å². The van der Waals surface area contributed by atoms with Crippen molar-refractivity contribution >= 4 is 11.6 Å². The van der Waals surface area contributed by atoms with Gasteiger partial charge in [-0.1, -0.05) is 18.2 Å². The number of aryl methyl sites for hydroxylation is 1. The van der Waals surface area contributed by atoms with Gasteiger partial charge in [0.1, 0.15) is 0 Å². The summed E-state index contributed by atoms with van der Waals surface area (Å²) in [6.45, 7) is 5.10. The number of hydrogen-bond acceptors (Lipinski definition) is 3. The van der Waals surface area contributed by atoms with E-state index in [0.29, 0.717) is 6.54 Å². The number of para-hydroxylation sites is 1. The van der Waals surface area contributed by atoms with Gasteiger partial charge in [0, 0.05) is 30.7 Å². The van der Waals surface area contributed by atoms with Gasteiger partial charge in [-0.3, -0.25) is 4.79 Å². The molecule has 0 saturated heterocycles. The Bertz CT molecular complexity index is 551. The molecule has 20 heavy (non-hydrogen) atoms. The molecule has 1 aromatic heterocycles. The smallest absolute Gasteiger partial charge is 0.238 e. The Hall–Kier alpha value is -2.14. The molecule has 5 heteroatoms. The average molecular weight is 272 g/mol. The van der Waals surface area contributed by atoms with Crippen molar-refractivity contribution < 1.29 is 4.79 Å². The maximum absolute atomic E-state index is 11.9. The molecule has 2 aromatic rings. The third-order valence-corrected chi connectivity index (χ3v) is 3.07. The predicted molar refractivity (Wildman–Crippen MR) is 79.5 cm³/mol. The third-order valence-electron chi connectivity index (χ3n) is 3.07. The summed E-state index contributed by atoms with van der Waals surface area (Å²) in [5, 5.41) is 6.10. The number of nitrogens with zero attached hydrogens (tertiary/aromatic N) is 2. The molecule has 0 saturated carbocycles. The molecule has 1 atom stereocenters. The van der Waals surface area contributed by atoms with Crippen LogP contribution in [0.3, 0.4) is 0 Å². The summed E-state index contributed by atoms with van der Waals surface area (Å²) in [5.41, 5.74) is 1.92. The molecule has 1 aromatic carbocycles. The van der Waals surface area contributed by atoms with Crippen molar-refractivity contribution in [3.05, 3.63) is 48.5 Å². The van der Waals surface area contributed by atoms with Crippen LogP contribution < -0.4 is 10.6 Å². The van der Waals surface area contributed by atoms with Gasteiger partial charge in [0.25, 0.3) is 0 Å². The third kappa shape index (κ3) is 4.20. The minimum Gasteiger partial charge on any atom is -0.336 e. The zero-order valence-electron chi connectivity index (χ0n) is 11.8. The fraction of sp³-hybridized carbons (Fsp3) is 0.333. The Morgan fingerprint density at radius 2 is 2.20 bits per heavy atom. The Morgan fingerprint density at radius 1 is 1.40 bits per heavy atom. The Kier molecular flexibility index (Phi) is 4.90. The second-order valence-electron chi connectivity index (χ2n) is 4.90. The van der Waals surface area contributed by atoms with E-state index in [4.69, 9.17) is 0 Å². The molecule has 2 N–H and O–H groups in total. The second kappa shape index (κ2) is 6.86. The number of carbonyl (C=O) groups is 1. The molecule has 1 heterocycles. The van der Waals surface area contributed by atoms with Gasteiger partial charge in [0.2, 0.25) is 5.91 Å². The van der Waals surface area contributed by atoms with Crippen molar-refractivity contribution in [2.75, 3.05) is 11.9 Å². The lowest BCUT2D eigenvalue weighted by atomic mass is 10.2. The molecular weight excluding hydrogens is 252 g/mol. The number of imidazole rings is 1. The molecule has 5 nitrogen and oxygen atoms in total. The van der Waals surface area contributed by atoms with E-state index in [1.54, 1.807) is 12.5 Å². The van der Waals surface area contributed by atoms with Crippen LogP contribution in [0.25, 0.3) is 0 Å². The van der Waals surface area contributed by atoms with E-state index in [2.05, 4.69) is 15.6 Å². The number of anilines is 1. The van der Waals surface area contributed by atoms with Gasteiger partial charge in [-0.2, -0.15) is 0 Å². The molecule has 0 aliphatic heterocycles. The van der Waals surface area contributed by atoms with Crippen LogP contribution >= 0.6 is 0 Å². The number of benzene rings is 1. The summed E-state index contributed by atoms with van der Waals surface area (Å²) in [6.07, 6.45) is 5.43. The van der Waals surface area contributed by atoms with Crippen LogP contribution in [-0.4, -0.2) is 28.0 Å². The number of amides is 1. The molecule has 106 valence electrons. The number of aromatic nitrogens is 2. The van der Waals surface area contributed by atoms with Gasteiger partial charge in [-0.25, -0.2) is 4.98 Å². The SMILES string of the molecule is Cc1ccccc1NC(=O)CNC(C)Cn1ccnc1. The largest absolute Gasteiger partial charge is 0.336 e. The van der Waals surface area contributed by atoms with E-state index in [0.717, 1.165) is 17.8 Å². The van der Waals surface area contributed by atoms with Crippen LogP contribution in [0.5, 0.6) is 0 Å². The van der Waals surface area contributed by atoms with Crippen LogP contribution in [0, 0.1) is 6.92 Å². The summed E-state index contributed by atoms with van der Waals surface area (Å²) in [5.74, 6) is -0.0308. The number of carbonyl (C=O) groups excluding carboxylic acids is 1. The first-order valence-electron chi connectivity index (χ1n) is 6.70. The van der Waals surface area contributed by atoms with E-state index < -0.39 is 0 Å². The number of rotatable bonds is 6. The van der Waals surface area contributed by atoms with Crippen molar-refractivity contribution in [2.45, 2.75) is 26.4 Å². The van der Waals surface area contributed by atoms with Crippen molar-refractivity contribution in [3.8, 4) is 0 Å². The Labute approximate surface area is 119 Å². The molecule has 2 rings (SSSR count). The van der Waals surface area contributed by atoms with Crippen molar-refractivity contribution in [1.29, 1.82) is 0 Å². The first-order valence-corrected chi connectivity index (χ1v) is 6.70. The summed E-state index contributed by atoms with van der Waals surface area (Å²) < 4.78 is 1.98. The van der Waals surface area contributed by atoms with Crippen molar-refractivity contribution in [2.24, 2.45) is 0 Å². The maximum Gasteiger partial charge on any atom is 0.238 e. The van der Waals surface area contributed by atoms with E-state index in [1.807, 2.05) is 48.9 Å². The van der Waals surface area contributed by atoms with Crippen LogP contribution in [0.1, 0.15) is 12.5 Å². The van der Waals surface area contributed by atoms with Gasteiger partial charge < -0.3 is 15.2 Å². The molecule has 1 unspecified atom stereocenters. The van der Waals surface area contributed by atoms with Crippen LogP contribution in [0.2, 0.25) is 0 Å². The first kappa shape index (κ1) is 14.3. The van der Waals surface area contributed by atoms with Gasteiger partial charge in [0.15, 0.2) is 0 Å². The monoisotopic (exact) mass is 272 g/mol. The van der Waals surface area contributed by atoms with Gasteiger partial charge in [-0.05, 0) is 25.5 Å². The van der Waals surface area contributed by atoms with Gasteiger partial charge in [-0.15, -0.1) is 0 Å². The van der Waals surface area contributed by atoms with Crippen molar-refractivity contribution in [1.82, 2.24) is 14.9 Å². The molecule has 0 fully saturated rings. The number of nitrogens with one attached hydrogen (secondary N) is 2. The molecule has 0 aliphatic carbocycles. The minimum atomic E-state index is -0.0308. The average Bonchev–Trinajstić information content (AvgIpc) is 2.92. The van der Waals surface area contributed by atoms with E-state index in [1.165, 1.54) is 0 Å². The summed E-state index contributed by atoms with van der Waals surface area (Å²) in [6, 6.07) is 7.95. The normalized spacial score (nSPS) is 12.1. The zero-order chi connectivity index (χ0) is 14.4. The lowest BCUT2D eigenvalue weighted by Crippen LogP contribution is -2.36. The first-order chi connectivity index (χ1) is 9.65. The quantitative estimate of drug-likeness (QED) is 0.843. The Balaban J connectivity index is 1.76. The zero-order valence-corrected chi connectivity index (χ0v) is 11.8. The summed E-state index contributed by atoms with van der Waals surface area (Å²) in [7, 11) is 0. The molecule has 0 radical (unpaired) electrons. The molecule has 1 amide bonds. The molecule has 0 spiro atoms. The molecular formula is C15H20N4O. The number of hydrogen-bond donors (Lipinski definition) is 2. The van der Waals surface area contributed by atoms with Gasteiger partial charge >= 0.3 is 0 Å². The summed E-state index contributed by atoms with van der Waals surface area (Å²) >= 11 is 0. The highest BCUT2D eigenvalue weighted by atomic mass is 16.1. The van der Waals surface area contributed by atoms with Gasteiger partial charge in [0.05, 0.1) is 12.9 Å². The highest BCUT2D eigenvalue weighted by Gasteiger charge is 2.07. The van der Waals surface area contributed by atoms with Crippen molar-refractivity contribution in [3.63, 3.8) is 0 Å². The second-order valence-corrected chi connectivity index (χ2v) is 4.90. The Morgan fingerprint density at radius 3 is 2.90 bits per heavy atom. The van der Waals surface area contributed by atoms with Crippen LogP contribution in [0.15, 0.2) is 43.0 Å². The van der Waals surface area contributed by atoms with E-state index in [-0.39, 0.29) is 11.9 Å². The van der Waals surface area contributed by atoms with Crippen LogP contribution in [-0.2, 0) is 11.3 Å². The fourth-order valence-electron chi connectivity index (χ4n) is 1.95. The van der Waals surface area contributed by atoms with E-state index in [9.17, 15) is 4.79 Å². The highest BCUT2D eigenvalue weighted by Crippen LogP contribution is 2.12. The lowest BCUT2D eigenvalue weighted by Gasteiger charge is -2.14. The van der Waals surface area contributed by atoms with Crippen LogP contribution in [0.4, 0.5) is 5.69 Å². The standard InChI is InChI=1S/C15H20N4O/c1-12-5-3-4-6-14(12)18-15(20)9-17-13(2)10-19-8-7-16-11-19/h3-8,11,13,17H,9-10H2,1-2H3,(H,18,20).